The lowest BCUT2D eigenvalue weighted by Gasteiger charge is -2.11. The Bertz CT molecular complexity index is 605. The minimum atomic E-state index is -0.195. The van der Waals surface area contributed by atoms with Crippen molar-refractivity contribution in [3.05, 3.63) is 42.2 Å². The van der Waals surface area contributed by atoms with Gasteiger partial charge in [0.25, 0.3) is 5.91 Å². The van der Waals surface area contributed by atoms with E-state index >= 15 is 0 Å². The van der Waals surface area contributed by atoms with E-state index in [1.54, 1.807) is 31.5 Å². The number of anilines is 2. The zero-order chi connectivity index (χ0) is 14.5. The van der Waals surface area contributed by atoms with Gasteiger partial charge in [0.05, 0.1) is 18.5 Å². The van der Waals surface area contributed by atoms with Crippen molar-refractivity contribution < 1.29 is 9.53 Å². The van der Waals surface area contributed by atoms with Crippen molar-refractivity contribution >= 4 is 17.3 Å². The summed E-state index contributed by atoms with van der Waals surface area (Å²) in [7, 11) is 1.57. The van der Waals surface area contributed by atoms with Crippen LogP contribution in [0.1, 0.15) is 23.8 Å². The molecule has 1 aromatic heterocycles. The highest BCUT2D eigenvalue weighted by molar-refractivity contribution is 6.04. The quantitative estimate of drug-likeness (QED) is 0.880. The van der Waals surface area contributed by atoms with E-state index in [1.807, 2.05) is 16.7 Å². The number of nitrogens with one attached hydrogen (secondary N) is 1. The molecule has 5 nitrogen and oxygen atoms in total. The minimum absolute atomic E-state index is 0.195. The highest BCUT2D eigenvalue weighted by Crippen LogP contribution is 2.24. The standard InChI is InChI=1S/C15H19N3O2/c1-3-8-18-10-11(16)9-13(18)15(19)17-12-6-4-5-7-14(12)20-2/h4-7,9-10H,3,8,16H2,1-2H3,(H,17,19). The Hall–Kier alpha value is -2.43. The molecule has 0 radical (unpaired) electrons. The third-order valence-corrected chi connectivity index (χ3v) is 2.97. The molecule has 106 valence electrons. The van der Waals surface area contributed by atoms with Crippen LogP contribution in [0, 0.1) is 0 Å². The van der Waals surface area contributed by atoms with Gasteiger partial charge in [-0.05, 0) is 24.6 Å². The van der Waals surface area contributed by atoms with Crippen molar-refractivity contribution in [1.82, 2.24) is 4.57 Å². The average molecular weight is 273 g/mol. The number of aryl methyl sites for hydroxylation is 1. The number of methoxy groups -OCH3 is 1. The van der Waals surface area contributed by atoms with Crippen LogP contribution >= 0.6 is 0 Å². The number of benzene rings is 1. The summed E-state index contributed by atoms with van der Waals surface area (Å²) in [5, 5.41) is 2.85. The molecular formula is C15H19N3O2. The molecule has 0 saturated carbocycles. The smallest absolute Gasteiger partial charge is 0.272 e. The lowest BCUT2D eigenvalue weighted by molar-refractivity contribution is 0.101. The highest BCUT2D eigenvalue weighted by atomic mass is 16.5. The van der Waals surface area contributed by atoms with Crippen LogP contribution in [0.2, 0.25) is 0 Å². The Morgan fingerprint density at radius 3 is 2.85 bits per heavy atom. The summed E-state index contributed by atoms with van der Waals surface area (Å²) in [5.74, 6) is 0.432. The second kappa shape index (κ2) is 6.14. The number of amides is 1. The number of ether oxygens (including phenoxy) is 1. The van der Waals surface area contributed by atoms with Gasteiger partial charge in [-0.1, -0.05) is 19.1 Å². The molecule has 0 saturated heterocycles. The summed E-state index contributed by atoms with van der Waals surface area (Å²) in [6.45, 7) is 2.81. The normalized spacial score (nSPS) is 10.3. The van der Waals surface area contributed by atoms with Crippen LogP contribution in [0.3, 0.4) is 0 Å². The second-order valence-corrected chi connectivity index (χ2v) is 4.51. The molecular weight excluding hydrogens is 254 g/mol. The molecule has 0 spiro atoms. The molecule has 1 aromatic carbocycles. The molecule has 3 N–H and O–H groups in total. The lowest BCUT2D eigenvalue weighted by atomic mass is 10.2. The summed E-state index contributed by atoms with van der Waals surface area (Å²) in [6, 6.07) is 8.98. The van der Waals surface area contributed by atoms with Crippen molar-refractivity contribution in [2.75, 3.05) is 18.2 Å². The number of nitrogens with zero attached hydrogens (tertiary/aromatic N) is 1. The predicted octanol–water partition coefficient (Wildman–Crippen LogP) is 2.74. The number of nitrogens with two attached hydrogens (primary N) is 1. The molecule has 1 heterocycles. The third-order valence-electron chi connectivity index (χ3n) is 2.97. The maximum atomic E-state index is 12.3. The number of hydrogen-bond acceptors (Lipinski definition) is 3. The SMILES string of the molecule is CCCn1cc(N)cc1C(=O)Nc1ccccc1OC. The Morgan fingerprint density at radius 2 is 2.15 bits per heavy atom. The summed E-state index contributed by atoms with van der Waals surface area (Å²) < 4.78 is 7.08. The molecule has 1 amide bonds. The number of rotatable bonds is 5. The van der Waals surface area contributed by atoms with Crippen LogP contribution in [-0.2, 0) is 6.54 Å². The summed E-state index contributed by atoms with van der Waals surface area (Å²) in [5.41, 5.74) is 7.55. The summed E-state index contributed by atoms with van der Waals surface area (Å²) in [6.07, 6.45) is 2.71. The van der Waals surface area contributed by atoms with Gasteiger partial charge in [0.2, 0.25) is 0 Å². The number of nitrogen functional groups attached to an aromatic ring is 1. The zero-order valence-electron chi connectivity index (χ0n) is 11.7. The van der Waals surface area contributed by atoms with Gasteiger partial charge in [-0.15, -0.1) is 0 Å². The Labute approximate surface area is 118 Å². The molecule has 0 fully saturated rings. The van der Waals surface area contributed by atoms with Gasteiger partial charge in [0.15, 0.2) is 0 Å². The van der Waals surface area contributed by atoms with Gasteiger partial charge in [-0.3, -0.25) is 4.79 Å². The van der Waals surface area contributed by atoms with Crippen LogP contribution < -0.4 is 15.8 Å². The first-order valence-electron chi connectivity index (χ1n) is 6.55. The third kappa shape index (κ3) is 2.93. The zero-order valence-corrected chi connectivity index (χ0v) is 11.7. The molecule has 2 rings (SSSR count). The number of aromatic nitrogens is 1. The summed E-state index contributed by atoms with van der Waals surface area (Å²) >= 11 is 0. The fraction of sp³-hybridized carbons (Fsp3) is 0.267. The van der Waals surface area contributed by atoms with Gasteiger partial charge in [0.1, 0.15) is 11.4 Å². The first kappa shape index (κ1) is 14.0. The average Bonchev–Trinajstić information content (AvgIpc) is 2.81. The fourth-order valence-electron chi connectivity index (χ4n) is 2.08. The lowest BCUT2D eigenvalue weighted by Crippen LogP contribution is -2.17. The molecule has 0 unspecified atom stereocenters. The maximum Gasteiger partial charge on any atom is 0.272 e. The largest absolute Gasteiger partial charge is 0.495 e. The minimum Gasteiger partial charge on any atom is -0.495 e. The van der Waals surface area contributed by atoms with Gasteiger partial charge < -0.3 is 20.4 Å². The van der Waals surface area contributed by atoms with Crippen LogP contribution in [0.5, 0.6) is 5.75 Å². The van der Waals surface area contributed by atoms with Gasteiger partial charge in [-0.25, -0.2) is 0 Å². The predicted molar refractivity (Wildman–Crippen MR) is 80.1 cm³/mol. The topological polar surface area (TPSA) is 69.3 Å². The van der Waals surface area contributed by atoms with E-state index in [0.29, 0.717) is 22.8 Å². The van der Waals surface area contributed by atoms with Gasteiger partial charge >= 0.3 is 0 Å². The van der Waals surface area contributed by atoms with Crippen LogP contribution in [0.25, 0.3) is 0 Å². The van der Waals surface area contributed by atoms with Crippen molar-refractivity contribution in [1.29, 1.82) is 0 Å². The van der Waals surface area contributed by atoms with E-state index in [0.717, 1.165) is 13.0 Å². The van der Waals surface area contributed by atoms with Crippen molar-refractivity contribution in [3.8, 4) is 5.75 Å². The number of hydrogen-bond donors (Lipinski definition) is 2. The summed E-state index contributed by atoms with van der Waals surface area (Å²) in [4.78, 5) is 12.3. The first-order chi connectivity index (χ1) is 9.65. The Balaban J connectivity index is 2.24. The van der Waals surface area contributed by atoms with E-state index < -0.39 is 0 Å². The molecule has 5 heteroatoms. The Kier molecular flexibility index (Phi) is 4.30. The van der Waals surface area contributed by atoms with Gasteiger partial charge in [0, 0.05) is 12.7 Å². The fourth-order valence-corrected chi connectivity index (χ4v) is 2.08. The molecule has 0 aliphatic heterocycles. The van der Waals surface area contributed by atoms with Crippen molar-refractivity contribution in [3.63, 3.8) is 0 Å². The molecule has 0 bridgehead atoms. The highest BCUT2D eigenvalue weighted by Gasteiger charge is 2.14. The van der Waals surface area contributed by atoms with E-state index in [1.165, 1.54) is 0 Å². The molecule has 20 heavy (non-hydrogen) atoms. The van der Waals surface area contributed by atoms with Crippen LogP contribution in [0.15, 0.2) is 36.5 Å². The van der Waals surface area contributed by atoms with Gasteiger partial charge in [-0.2, -0.15) is 0 Å². The van der Waals surface area contributed by atoms with Crippen LogP contribution in [-0.4, -0.2) is 17.6 Å². The Morgan fingerprint density at radius 1 is 1.40 bits per heavy atom. The second-order valence-electron chi connectivity index (χ2n) is 4.51. The molecule has 0 atom stereocenters. The first-order valence-corrected chi connectivity index (χ1v) is 6.55. The maximum absolute atomic E-state index is 12.3. The van der Waals surface area contributed by atoms with E-state index in [2.05, 4.69) is 12.2 Å². The van der Waals surface area contributed by atoms with Crippen LogP contribution in [0.4, 0.5) is 11.4 Å². The molecule has 2 aromatic rings. The van der Waals surface area contributed by atoms with E-state index in [-0.39, 0.29) is 5.91 Å². The number of carbonyl (C=O) groups is 1. The number of carbonyl (C=O) groups excluding carboxylic acids is 1. The van der Waals surface area contributed by atoms with E-state index in [4.69, 9.17) is 10.5 Å². The molecule has 0 aliphatic carbocycles. The monoisotopic (exact) mass is 273 g/mol. The van der Waals surface area contributed by atoms with Crippen molar-refractivity contribution in [2.24, 2.45) is 0 Å². The van der Waals surface area contributed by atoms with E-state index in [9.17, 15) is 4.79 Å². The van der Waals surface area contributed by atoms with Crippen molar-refractivity contribution in [2.45, 2.75) is 19.9 Å². The number of para-hydroxylation sites is 2. The molecule has 0 aliphatic rings.